The molecule has 0 aliphatic carbocycles. The van der Waals surface area contributed by atoms with Crippen LogP contribution in [0.3, 0.4) is 0 Å². The van der Waals surface area contributed by atoms with E-state index in [0.29, 0.717) is 5.56 Å². The third kappa shape index (κ3) is 4.14. The van der Waals surface area contributed by atoms with Gasteiger partial charge in [0, 0.05) is 4.88 Å². The molecule has 2 unspecified atom stereocenters. The molecule has 4 N–H and O–H groups in total. The van der Waals surface area contributed by atoms with Crippen molar-refractivity contribution in [2.45, 2.75) is 18.5 Å². The molecule has 1 heterocycles. The molecule has 21 heavy (non-hydrogen) atoms. The molecule has 0 aliphatic rings. The molecule has 0 saturated carbocycles. The van der Waals surface area contributed by atoms with Gasteiger partial charge in [0.05, 0.1) is 12.5 Å². The fourth-order valence-electron chi connectivity index (χ4n) is 1.96. The minimum absolute atomic E-state index is 0.173. The second-order valence-electron chi connectivity index (χ2n) is 4.56. The topological polar surface area (TPSA) is 92.4 Å². The number of nitrogens with one attached hydrogen (secondary N) is 1. The molecule has 0 bridgehead atoms. The van der Waals surface area contributed by atoms with Crippen molar-refractivity contribution >= 4 is 23.2 Å². The van der Waals surface area contributed by atoms with Gasteiger partial charge in [0.2, 0.25) is 5.91 Å². The van der Waals surface area contributed by atoms with Gasteiger partial charge in [0.1, 0.15) is 6.04 Å². The summed E-state index contributed by atoms with van der Waals surface area (Å²) in [7, 11) is 0. The van der Waals surface area contributed by atoms with Gasteiger partial charge in [-0.1, -0.05) is 36.4 Å². The number of carbonyl (C=O) groups is 2. The number of aliphatic carboxylic acids is 1. The van der Waals surface area contributed by atoms with E-state index in [1.165, 1.54) is 11.3 Å². The number of hydrogen-bond acceptors (Lipinski definition) is 4. The first kappa shape index (κ1) is 15.2. The van der Waals surface area contributed by atoms with Crippen LogP contribution in [-0.2, 0) is 9.59 Å². The van der Waals surface area contributed by atoms with Gasteiger partial charge >= 0.3 is 5.97 Å². The van der Waals surface area contributed by atoms with Crippen LogP contribution in [0.15, 0.2) is 47.8 Å². The lowest BCUT2D eigenvalue weighted by Gasteiger charge is -2.19. The molecule has 2 rings (SSSR count). The molecule has 2 atom stereocenters. The van der Waals surface area contributed by atoms with E-state index in [0.717, 1.165) is 4.88 Å². The summed E-state index contributed by atoms with van der Waals surface area (Å²) in [5.74, 6) is -1.36. The molecule has 6 heteroatoms. The van der Waals surface area contributed by atoms with Crippen molar-refractivity contribution < 1.29 is 14.7 Å². The number of rotatable bonds is 6. The molecule has 0 fully saturated rings. The van der Waals surface area contributed by atoms with Crippen molar-refractivity contribution in [2.24, 2.45) is 5.73 Å². The lowest BCUT2D eigenvalue weighted by atomic mass is 10.1. The summed E-state index contributed by atoms with van der Waals surface area (Å²) < 4.78 is 0. The highest BCUT2D eigenvalue weighted by atomic mass is 32.1. The Bertz CT molecular complexity index is 599. The maximum Gasteiger partial charge on any atom is 0.305 e. The Balaban J connectivity index is 2.09. The third-order valence-corrected chi connectivity index (χ3v) is 4.01. The third-order valence-electron chi connectivity index (χ3n) is 3.02. The average molecular weight is 304 g/mol. The maximum atomic E-state index is 12.2. The molecule has 0 radical (unpaired) electrons. The van der Waals surface area contributed by atoms with Crippen LogP contribution < -0.4 is 11.1 Å². The van der Waals surface area contributed by atoms with E-state index in [1.807, 2.05) is 17.5 Å². The summed E-state index contributed by atoms with van der Waals surface area (Å²) in [4.78, 5) is 24.0. The summed E-state index contributed by atoms with van der Waals surface area (Å²) in [5.41, 5.74) is 6.60. The van der Waals surface area contributed by atoms with Gasteiger partial charge in [-0.25, -0.2) is 0 Å². The molecular weight excluding hydrogens is 288 g/mol. The highest BCUT2D eigenvalue weighted by Crippen LogP contribution is 2.23. The molecule has 2 aromatic rings. The lowest BCUT2D eigenvalue weighted by Crippen LogP contribution is -2.37. The zero-order chi connectivity index (χ0) is 15.2. The minimum atomic E-state index is -0.970. The highest BCUT2D eigenvalue weighted by molar-refractivity contribution is 7.10. The summed E-state index contributed by atoms with van der Waals surface area (Å²) in [6, 6.07) is 11.2. The Morgan fingerprint density at radius 1 is 1.19 bits per heavy atom. The average Bonchev–Trinajstić information content (AvgIpc) is 3.00. The number of carbonyl (C=O) groups excluding carboxylic acids is 1. The monoisotopic (exact) mass is 304 g/mol. The Kier molecular flexibility index (Phi) is 5.08. The van der Waals surface area contributed by atoms with Crippen molar-refractivity contribution in [2.75, 3.05) is 0 Å². The van der Waals surface area contributed by atoms with Gasteiger partial charge in [-0.05, 0) is 17.0 Å². The number of carboxylic acids is 1. The molecule has 5 nitrogen and oxygen atoms in total. The molecule has 0 saturated heterocycles. The lowest BCUT2D eigenvalue weighted by molar-refractivity contribution is -0.137. The predicted molar refractivity (Wildman–Crippen MR) is 80.8 cm³/mol. The fraction of sp³-hybridized carbons (Fsp3) is 0.200. The van der Waals surface area contributed by atoms with Crippen LogP contribution in [-0.4, -0.2) is 17.0 Å². The second kappa shape index (κ2) is 7.01. The first-order valence-corrected chi connectivity index (χ1v) is 7.32. The number of amides is 1. The Morgan fingerprint density at radius 2 is 1.90 bits per heavy atom. The van der Waals surface area contributed by atoms with Crippen molar-refractivity contribution in [3.8, 4) is 0 Å². The van der Waals surface area contributed by atoms with Crippen molar-refractivity contribution in [3.05, 3.63) is 58.3 Å². The largest absolute Gasteiger partial charge is 0.481 e. The first-order valence-electron chi connectivity index (χ1n) is 6.44. The molecule has 1 aromatic heterocycles. The molecule has 0 aliphatic heterocycles. The standard InChI is InChI=1S/C15H16N2O3S/c16-14(10-5-2-1-3-6-10)15(20)17-11(9-13(18)19)12-7-4-8-21-12/h1-8,11,14H,9,16H2,(H,17,20)(H,18,19). The smallest absolute Gasteiger partial charge is 0.305 e. The van der Waals surface area contributed by atoms with Crippen LogP contribution in [0.5, 0.6) is 0 Å². The van der Waals surface area contributed by atoms with Gasteiger partial charge in [-0.3, -0.25) is 9.59 Å². The first-order chi connectivity index (χ1) is 10.1. The van der Waals surface area contributed by atoms with E-state index >= 15 is 0 Å². The van der Waals surface area contributed by atoms with Gasteiger partial charge in [0.15, 0.2) is 0 Å². The van der Waals surface area contributed by atoms with E-state index in [1.54, 1.807) is 30.3 Å². The molecule has 110 valence electrons. The summed E-state index contributed by atoms with van der Waals surface area (Å²) >= 11 is 1.40. The highest BCUT2D eigenvalue weighted by Gasteiger charge is 2.23. The number of thiophene rings is 1. The van der Waals surface area contributed by atoms with Crippen LogP contribution in [0.4, 0.5) is 0 Å². The zero-order valence-electron chi connectivity index (χ0n) is 11.2. The summed E-state index contributed by atoms with van der Waals surface area (Å²) in [6.45, 7) is 0. The zero-order valence-corrected chi connectivity index (χ0v) is 12.0. The summed E-state index contributed by atoms with van der Waals surface area (Å²) in [5, 5.41) is 13.5. The van der Waals surface area contributed by atoms with E-state index in [-0.39, 0.29) is 12.3 Å². The van der Waals surface area contributed by atoms with Crippen LogP contribution >= 0.6 is 11.3 Å². The fourth-order valence-corrected chi connectivity index (χ4v) is 2.74. The van der Waals surface area contributed by atoms with Crippen LogP contribution in [0.1, 0.15) is 28.9 Å². The van der Waals surface area contributed by atoms with Gasteiger partial charge in [-0.2, -0.15) is 0 Å². The Hall–Kier alpha value is -2.18. The SMILES string of the molecule is NC(C(=O)NC(CC(=O)O)c1cccs1)c1ccccc1. The quantitative estimate of drug-likeness (QED) is 0.762. The Labute approximate surface area is 126 Å². The van der Waals surface area contributed by atoms with Crippen molar-refractivity contribution in [3.63, 3.8) is 0 Å². The van der Waals surface area contributed by atoms with E-state index in [4.69, 9.17) is 10.8 Å². The molecule has 1 aromatic carbocycles. The molecule has 0 spiro atoms. The van der Waals surface area contributed by atoms with Gasteiger partial charge in [0.25, 0.3) is 0 Å². The van der Waals surface area contributed by atoms with Gasteiger partial charge in [-0.15, -0.1) is 11.3 Å². The van der Waals surface area contributed by atoms with Crippen LogP contribution in [0, 0.1) is 0 Å². The minimum Gasteiger partial charge on any atom is -0.481 e. The Morgan fingerprint density at radius 3 is 2.48 bits per heavy atom. The number of hydrogen-bond donors (Lipinski definition) is 3. The molecule has 1 amide bonds. The van der Waals surface area contributed by atoms with Crippen molar-refractivity contribution in [1.29, 1.82) is 0 Å². The molecular formula is C15H16N2O3S. The maximum absolute atomic E-state index is 12.2. The van der Waals surface area contributed by atoms with E-state index in [2.05, 4.69) is 5.32 Å². The van der Waals surface area contributed by atoms with E-state index < -0.39 is 18.1 Å². The summed E-state index contributed by atoms with van der Waals surface area (Å²) in [6.07, 6.45) is -0.173. The predicted octanol–water partition coefficient (Wildman–Crippen LogP) is 2.08. The number of carboxylic acid groups (broad SMARTS) is 1. The number of nitrogens with two attached hydrogens (primary N) is 1. The van der Waals surface area contributed by atoms with Crippen LogP contribution in [0.2, 0.25) is 0 Å². The van der Waals surface area contributed by atoms with Crippen LogP contribution in [0.25, 0.3) is 0 Å². The van der Waals surface area contributed by atoms with E-state index in [9.17, 15) is 9.59 Å². The van der Waals surface area contributed by atoms with Gasteiger partial charge < -0.3 is 16.2 Å². The van der Waals surface area contributed by atoms with Crippen molar-refractivity contribution in [1.82, 2.24) is 5.32 Å². The number of benzene rings is 1. The normalized spacial score (nSPS) is 13.4. The second-order valence-corrected chi connectivity index (χ2v) is 5.54.